The molecule has 1 aromatic heterocycles. The molecule has 2 aromatic carbocycles. The largest absolute Gasteiger partial charge is 0.417 e. The molecule has 4 rings (SSSR count). The number of hydrogen-bond acceptors (Lipinski definition) is 5. The number of fused-ring (bicyclic) bond motifs is 1. The van der Waals surface area contributed by atoms with E-state index >= 15 is 0 Å². The Morgan fingerprint density at radius 2 is 1.85 bits per heavy atom. The number of aromatic nitrogens is 1. The Morgan fingerprint density at radius 3 is 2.59 bits per heavy atom. The Hall–Kier alpha value is -2.42. The zero-order valence-corrected chi connectivity index (χ0v) is 15.5. The Morgan fingerprint density at radius 1 is 1.11 bits per heavy atom. The van der Waals surface area contributed by atoms with Gasteiger partial charge in [-0.3, -0.25) is 9.88 Å². The summed E-state index contributed by atoms with van der Waals surface area (Å²) in [5.74, 6) is -0.606. The summed E-state index contributed by atoms with van der Waals surface area (Å²) < 4.78 is 33.2. The number of benzene rings is 2. The van der Waals surface area contributed by atoms with Crippen LogP contribution in [0.4, 0.5) is 0 Å². The molecule has 8 heteroatoms. The summed E-state index contributed by atoms with van der Waals surface area (Å²) in [5.41, 5.74) is 1.79. The fraction of sp³-hybridized carbons (Fsp3) is 0.316. The molecule has 2 heterocycles. The first kappa shape index (κ1) is 18.0. The zero-order valence-electron chi connectivity index (χ0n) is 14.7. The molecular formula is C19H21N3O4S. The predicted octanol–water partition coefficient (Wildman–Crippen LogP) is 2.24. The molecule has 1 unspecified atom stereocenters. The van der Waals surface area contributed by atoms with E-state index in [2.05, 4.69) is 14.6 Å². The lowest BCUT2D eigenvalue weighted by Gasteiger charge is -2.28. The molecule has 1 fully saturated rings. The first-order valence-corrected chi connectivity index (χ1v) is 10.4. The second-order valence-electron chi connectivity index (χ2n) is 6.69. The molecule has 1 aliphatic heterocycles. The van der Waals surface area contributed by atoms with E-state index in [1.165, 1.54) is 18.2 Å². The van der Waals surface area contributed by atoms with Gasteiger partial charge >= 0.3 is 5.76 Å². The fourth-order valence-corrected chi connectivity index (χ4v) is 4.60. The van der Waals surface area contributed by atoms with Gasteiger partial charge in [0.2, 0.25) is 10.0 Å². The van der Waals surface area contributed by atoms with Crippen molar-refractivity contribution in [2.45, 2.75) is 23.8 Å². The first-order chi connectivity index (χ1) is 13.0. The van der Waals surface area contributed by atoms with Crippen molar-refractivity contribution in [3.63, 3.8) is 0 Å². The van der Waals surface area contributed by atoms with Crippen molar-refractivity contribution >= 4 is 21.1 Å². The number of nitrogens with zero attached hydrogens (tertiary/aromatic N) is 1. The van der Waals surface area contributed by atoms with Crippen LogP contribution in [-0.2, 0) is 10.0 Å². The van der Waals surface area contributed by atoms with Gasteiger partial charge in [-0.2, -0.15) is 0 Å². The summed E-state index contributed by atoms with van der Waals surface area (Å²) in [6.07, 6.45) is 2.25. The monoisotopic (exact) mass is 387 g/mol. The van der Waals surface area contributed by atoms with Crippen LogP contribution in [0.2, 0.25) is 0 Å². The number of H-pyrrole nitrogens is 1. The topological polar surface area (TPSA) is 95.4 Å². The van der Waals surface area contributed by atoms with Crippen molar-refractivity contribution in [1.29, 1.82) is 0 Å². The summed E-state index contributed by atoms with van der Waals surface area (Å²) in [6, 6.07) is 14.3. The molecule has 142 valence electrons. The number of aromatic amines is 1. The molecule has 0 amide bonds. The van der Waals surface area contributed by atoms with Crippen molar-refractivity contribution in [3.8, 4) is 0 Å². The van der Waals surface area contributed by atoms with Gasteiger partial charge in [0.1, 0.15) is 0 Å². The third-order valence-electron chi connectivity index (χ3n) is 4.94. The van der Waals surface area contributed by atoms with E-state index in [1.54, 1.807) is 0 Å². The lowest BCUT2D eigenvalue weighted by atomic mass is 10.1. The van der Waals surface area contributed by atoms with Gasteiger partial charge < -0.3 is 4.42 Å². The molecule has 0 aliphatic carbocycles. The minimum atomic E-state index is -3.73. The summed E-state index contributed by atoms with van der Waals surface area (Å²) >= 11 is 0. The van der Waals surface area contributed by atoms with Crippen molar-refractivity contribution in [3.05, 3.63) is 64.6 Å². The van der Waals surface area contributed by atoms with Gasteiger partial charge in [0, 0.05) is 18.7 Å². The molecule has 2 N–H and O–H groups in total. The van der Waals surface area contributed by atoms with Gasteiger partial charge in [0.25, 0.3) is 0 Å². The standard InChI is InChI=1S/C19H21N3O4S/c23-19-21-16-9-8-15(12-18(16)26-19)27(24,25)20-13-17(22-10-4-5-11-22)14-6-2-1-3-7-14/h1-3,6-9,12,17,20H,4-5,10-11,13H2,(H,21,23). The van der Waals surface area contributed by atoms with Crippen molar-refractivity contribution in [2.24, 2.45) is 0 Å². The smallest absolute Gasteiger partial charge is 0.408 e. The van der Waals surface area contributed by atoms with Crippen LogP contribution in [0.3, 0.4) is 0 Å². The highest BCUT2D eigenvalue weighted by molar-refractivity contribution is 7.89. The van der Waals surface area contributed by atoms with E-state index in [9.17, 15) is 13.2 Å². The Labute approximate surface area is 157 Å². The number of likely N-dealkylation sites (tertiary alicyclic amines) is 1. The van der Waals surface area contributed by atoms with Gasteiger partial charge in [0.05, 0.1) is 10.4 Å². The highest BCUT2D eigenvalue weighted by atomic mass is 32.2. The minimum absolute atomic E-state index is 0.0163. The highest BCUT2D eigenvalue weighted by Gasteiger charge is 2.25. The molecule has 1 saturated heterocycles. The number of sulfonamides is 1. The van der Waals surface area contributed by atoms with Crippen LogP contribution >= 0.6 is 0 Å². The number of nitrogens with one attached hydrogen (secondary N) is 2. The lowest BCUT2D eigenvalue weighted by molar-refractivity contribution is 0.246. The SMILES string of the molecule is O=c1[nH]c2ccc(S(=O)(=O)NCC(c3ccccc3)N3CCCC3)cc2o1. The molecule has 3 aromatic rings. The van der Waals surface area contributed by atoms with E-state index in [0.717, 1.165) is 31.5 Å². The molecule has 27 heavy (non-hydrogen) atoms. The second kappa shape index (κ2) is 7.30. The van der Waals surface area contributed by atoms with Crippen LogP contribution in [0, 0.1) is 0 Å². The van der Waals surface area contributed by atoms with Gasteiger partial charge in [-0.1, -0.05) is 30.3 Å². The van der Waals surface area contributed by atoms with E-state index < -0.39 is 15.8 Å². The summed E-state index contributed by atoms with van der Waals surface area (Å²) in [6.45, 7) is 2.20. The number of rotatable bonds is 6. The third-order valence-corrected chi connectivity index (χ3v) is 6.36. The minimum Gasteiger partial charge on any atom is -0.408 e. The zero-order chi connectivity index (χ0) is 18.9. The third kappa shape index (κ3) is 3.83. The Bertz CT molecular complexity index is 1080. The van der Waals surface area contributed by atoms with E-state index in [0.29, 0.717) is 5.52 Å². The fourth-order valence-electron chi connectivity index (χ4n) is 3.55. The lowest BCUT2D eigenvalue weighted by Crippen LogP contribution is -2.36. The van der Waals surface area contributed by atoms with E-state index in [4.69, 9.17) is 4.42 Å². The number of oxazole rings is 1. The maximum absolute atomic E-state index is 12.8. The maximum Gasteiger partial charge on any atom is 0.417 e. The van der Waals surface area contributed by atoms with Crippen molar-refractivity contribution in [2.75, 3.05) is 19.6 Å². The van der Waals surface area contributed by atoms with Gasteiger partial charge in [0.15, 0.2) is 5.58 Å². The summed E-state index contributed by atoms with van der Waals surface area (Å²) in [5, 5.41) is 0. The molecule has 0 bridgehead atoms. The quantitative estimate of drug-likeness (QED) is 0.676. The maximum atomic E-state index is 12.8. The van der Waals surface area contributed by atoms with Crippen LogP contribution in [0.1, 0.15) is 24.4 Å². The highest BCUT2D eigenvalue weighted by Crippen LogP contribution is 2.25. The van der Waals surface area contributed by atoms with E-state index in [-0.39, 0.29) is 23.1 Å². The molecule has 0 saturated carbocycles. The molecule has 0 spiro atoms. The predicted molar refractivity (Wildman–Crippen MR) is 102 cm³/mol. The van der Waals surface area contributed by atoms with Gasteiger partial charge in [-0.25, -0.2) is 17.9 Å². The molecule has 1 aliphatic rings. The normalized spacial score (nSPS) is 16.7. The molecular weight excluding hydrogens is 366 g/mol. The van der Waals surface area contributed by atoms with Gasteiger partial charge in [-0.15, -0.1) is 0 Å². The van der Waals surface area contributed by atoms with Crippen LogP contribution in [0.15, 0.2) is 62.6 Å². The van der Waals surface area contributed by atoms with Crippen molar-refractivity contribution in [1.82, 2.24) is 14.6 Å². The second-order valence-corrected chi connectivity index (χ2v) is 8.46. The molecule has 1 atom stereocenters. The molecule has 0 radical (unpaired) electrons. The van der Waals surface area contributed by atoms with Crippen LogP contribution in [0.5, 0.6) is 0 Å². The summed E-state index contributed by atoms with van der Waals surface area (Å²) in [4.78, 5) is 16.2. The first-order valence-electron chi connectivity index (χ1n) is 8.94. The van der Waals surface area contributed by atoms with Crippen LogP contribution in [0.25, 0.3) is 11.1 Å². The average Bonchev–Trinajstić information content (AvgIpc) is 3.31. The van der Waals surface area contributed by atoms with Gasteiger partial charge in [-0.05, 0) is 43.6 Å². The number of hydrogen-bond donors (Lipinski definition) is 2. The molecule has 7 nitrogen and oxygen atoms in total. The van der Waals surface area contributed by atoms with Crippen LogP contribution in [-0.4, -0.2) is 37.9 Å². The average molecular weight is 387 g/mol. The Balaban J connectivity index is 1.57. The van der Waals surface area contributed by atoms with Crippen molar-refractivity contribution < 1.29 is 12.8 Å². The Kier molecular flexibility index (Phi) is 4.86. The summed E-state index contributed by atoms with van der Waals surface area (Å²) in [7, 11) is -3.73. The van der Waals surface area contributed by atoms with E-state index in [1.807, 2.05) is 30.3 Å². The van der Waals surface area contributed by atoms with Crippen LogP contribution < -0.4 is 10.5 Å².